The van der Waals surface area contributed by atoms with Gasteiger partial charge in [0.1, 0.15) is 11.0 Å². The lowest BCUT2D eigenvalue weighted by molar-refractivity contribution is 1.67. The maximum atomic E-state index is 5.71. The first-order valence-corrected chi connectivity index (χ1v) is 4.98. The molecule has 0 unspecified atom stereocenters. The second-order valence-electron chi connectivity index (χ2n) is 3.18. The lowest BCUT2D eigenvalue weighted by Crippen LogP contribution is -1.84. The topological polar surface area (TPSA) is 51.8 Å². The van der Waals surface area contributed by atoms with Crippen LogP contribution in [0.2, 0.25) is 0 Å². The van der Waals surface area contributed by atoms with Gasteiger partial charge < -0.3 is 5.73 Å². The molecule has 0 atom stereocenters. The van der Waals surface area contributed by atoms with Crippen LogP contribution < -0.4 is 5.73 Å². The molecule has 0 spiro atoms. The molecule has 0 amide bonds. The average Bonchev–Trinajstić information content (AvgIpc) is 2.65. The second kappa shape index (κ2) is 2.65. The van der Waals surface area contributed by atoms with Crippen LogP contribution in [0.1, 0.15) is 0 Å². The first-order valence-electron chi connectivity index (χ1n) is 4.25. The van der Waals surface area contributed by atoms with E-state index in [-0.39, 0.29) is 0 Å². The van der Waals surface area contributed by atoms with E-state index in [2.05, 4.69) is 8.75 Å². The van der Waals surface area contributed by atoms with Gasteiger partial charge in [-0.2, -0.15) is 8.75 Å². The summed E-state index contributed by atoms with van der Waals surface area (Å²) in [6, 6.07) is 9.83. The SMILES string of the molecule is Nc1ccc2c(ccc3nsnc32)c1. The molecule has 0 saturated carbocycles. The van der Waals surface area contributed by atoms with Gasteiger partial charge in [-0.05, 0) is 23.6 Å². The minimum Gasteiger partial charge on any atom is -0.399 e. The molecule has 4 heteroatoms. The molecule has 2 N–H and O–H groups in total. The number of hydrogen-bond acceptors (Lipinski definition) is 4. The van der Waals surface area contributed by atoms with Crippen molar-refractivity contribution in [3.63, 3.8) is 0 Å². The molecule has 3 nitrogen and oxygen atoms in total. The Balaban J connectivity index is 2.57. The molecular formula is C10H7N3S. The summed E-state index contributed by atoms with van der Waals surface area (Å²) in [5, 5.41) is 2.23. The molecule has 0 aliphatic rings. The van der Waals surface area contributed by atoms with Gasteiger partial charge >= 0.3 is 0 Å². The lowest BCUT2D eigenvalue weighted by Gasteiger charge is -1.98. The first kappa shape index (κ1) is 7.70. The smallest absolute Gasteiger partial charge is 0.112 e. The summed E-state index contributed by atoms with van der Waals surface area (Å²) in [7, 11) is 0. The molecule has 3 rings (SSSR count). The van der Waals surface area contributed by atoms with Crippen LogP contribution in [0.15, 0.2) is 30.3 Å². The summed E-state index contributed by atoms with van der Waals surface area (Å²) >= 11 is 1.24. The highest BCUT2D eigenvalue weighted by atomic mass is 32.1. The molecule has 0 radical (unpaired) electrons. The van der Waals surface area contributed by atoms with E-state index >= 15 is 0 Å². The number of anilines is 1. The Hall–Kier alpha value is -1.68. The van der Waals surface area contributed by atoms with Crippen molar-refractivity contribution in [3.8, 4) is 0 Å². The van der Waals surface area contributed by atoms with Crippen molar-refractivity contribution in [2.24, 2.45) is 0 Å². The maximum absolute atomic E-state index is 5.71. The number of nitrogens with zero attached hydrogens (tertiary/aromatic N) is 2. The van der Waals surface area contributed by atoms with E-state index in [0.717, 1.165) is 27.5 Å². The van der Waals surface area contributed by atoms with Crippen LogP contribution in [0.3, 0.4) is 0 Å². The third-order valence-electron chi connectivity index (χ3n) is 2.27. The molecule has 0 aliphatic carbocycles. The quantitative estimate of drug-likeness (QED) is 0.568. The zero-order chi connectivity index (χ0) is 9.54. The summed E-state index contributed by atoms with van der Waals surface area (Å²) in [4.78, 5) is 0. The fraction of sp³-hybridized carbons (Fsp3) is 0. The highest BCUT2D eigenvalue weighted by molar-refractivity contribution is 7.00. The van der Waals surface area contributed by atoms with E-state index < -0.39 is 0 Å². The van der Waals surface area contributed by atoms with Crippen molar-refractivity contribution < 1.29 is 0 Å². The van der Waals surface area contributed by atoms with Gasteiger partial charge in [-0.1, -0.05) is 12.1 Å². The molecular weight excluding hydrogens is 194 g/mol. The molecule has 14 heavy (non-hydrogen) atoms. The van der Waals surface area contributed by atoms with Gasteiger partial charge in [0.05, 0.1) is 11.7 Å². The molecule has 0 fully saturated rings. The van der Waals surface area contributed by atoms with Crippen LogP contribution in [0.5, 0.6) is 0 Å². The van der Waals surface area contributed by atoms with Crippen molar-refractivity contribution in [2.45, 2.75) is 0 Å². The molecule has 3 aromatic rings. The van der Waals surface area contributed by atoms with Crippen molar-refractivity contribution in [3.05, 3.63) is 30.3 Å². The maximum Gasteiger partial charge on any atom is 0.112 e. The van der Waals surface area contributed by atoms with Crippen LogP contribution in [-0.2, 0) is 0 Å². The normalized spacial score (nSPS) is 11.1. The van der Waals surface area contributed by atoms with E-state index in [1.54, 1.807) is 0 Å². The largest absolute Gasteiger partial charge is 0.399 e. The number of hydrogen-bond donors (Lipinski definition) is 1. The van der Waals surface area contributed by atoms with Crippen molar-refractivity contribution in [2.75, 3.05) is 5.73 Å². The molecule has 0 bridgehead atoms. The summed E-state index contributed by atoms with van der Waals surface area (Å²) in [5.74, 6) is 0. The fourth-order valence-corrected chi connectivity index (χ4v) is 2.14. The summed E-state index contributed by atoms with van der Waals surface area (Å²) in [5.41, 5.74) is 8.40. The van der Waals surface area contributed by atoms with Crippen LogP contribution in [-0.4, -0.2) is 8.75 Å². The Morgan fingerprint density at radius 2 is 2.00 bits per heavy atom. The number of benzene rings is 2. The van der Waals surface area contributed by atoms with E-state index in [1.807, 2.05) is 30.3 Å². The highest BCUT2D eigenvalue weighted by Crippen LogP contribution is 2.25. The van der Waals surface area contributed by atoms with Crippen LogP contribution >= 0.6 is 11.7 Å². The Morgan fingerprint density at radius 1 is 1.07 bits per heavy atom. The average molecular weight is 201 g/mol. The predicted octanol–water partition coefficient (Wildman–Crippen LogP) is 2.43. The van der Waals surface area contributed by atoms with Gasteiger partial charge in [0.2, 0.25) is 0 Å². The van der Waals surface area contributed by atoms with Crippen LogP contribution in [0.25, 0.3) is 21.8 Å². The number of aromatic nitrogens is 2. The fourth-order valence-electron chi connectivity index (χ4n) is 1.60. The molecule has 68 valence electrons. The number of fused-ring (bicyclic) bond motifs is 3. The summed E-state index contributed by atoms with van der Waals surface area (Å²) < 4.78 is 8.46. The van der Waals surface area contributed by atoms with Gasteiger partial charge in [-0.15, -0.1) is 0 Å². The van der Waals surface area contributed by atoms with E-state index in [0.29, 0.717) is 0 Å². The van der Waals surface area contributed by atoms with Gasteiger partial charge in [-0.25, -0.2) is 0 Å². The number of nitrogens with two attached hydrogens (primary N) is 1. The molecule has 0 saturated heterocycles. The van der Waals surface area contributed by atoms with Gasteiger partial charge in [-0.3, -0.25) is 0 Å². The van der Waals surface area contributed by atoms with Gasteiger partial charge in [0.25, 0.3) is 0 Å². The molecule has 1 aromatic heterocycles. The Morgan fingerprint density at radius 3 is 2.93 bits per heavy atom. The first-order chi connectivity index (χ1) is 6.84. The van der Waals surface area contributed by atoms with E-state index in [1.165, 1.54) is 11.7 Å². The number of rotatable bonds is 0. The van der Waals surface area contributed by atoms with E-state index in [4.69, 9.17) is 5.73 Å². The summed E-state index contributed by atoms with van der Waals surface area (Å²) in [6.07, 6.45) is 0. The zero-order valence-electron chi connectivity index (χ0n) is 7.27. The lowest BCUT2D eigenvalue weighted by atomic mass is 10.1. The standard InChI is InChI=1S/C10H7N3S/c11-7-2-3-8-6(5-7)1-4-9-10(8)13-14-12-9/h1-5H,11H2. The Kier molecular flexibility index (Phi) is 1.46. The third kappa shape index (κ3) is 0.975. The highest BCUT2D eigenvalue weighted by Gasteiger charge is 2.03. The molecule has 2 aromatic carbocycles. The minimum atomic E-state index is 0.778. The van der Waals surface area contributed by atoms with E-state index in [9.17, 15) is 0 Å². The van der Waals surface area contributed by atoms with Crippen molar-refractivity contribution >= 4 is 39.2 Å². The van der Waals surface area contributed by atoms with Crippen molar-refractivity contribution in [1.82, 2.24) is 8.75 Å². The number of nitrogen functional groups attached to an aromatic ring is 1. The third-order valence-corrected chi connectivity index (χ3v) is 2.81. The minimum absolute atomic E-state index is 0.778. The molecule has 1 heterocycles. The predicted molar refractivity (Wildman–Crippen MR) is 59.3 cm³/mol. The zero-order valence-corrected chi connectivity index (χ0v) is 8.08. The monoisotopic (exact) mass is 201 g/mol. The summed E-state index contributed by atoms with van der Waals surface area (Å²) in [6.45, 7) is 0. The van der Waals surface area contributed by atoms with Crippen LogP contribution in [0, 0.1) is 0 Å². The van der Waals surface area contributed by atoms with Crippen LogP contribution in [0.4, 0.5) is 5.69 Å². The van der Waals surface area contributed by atoms with Gasteiger partial charge in [0.15, 0.2) is 0 Å². The molecule has 0 aliphatic heterocycles. The van der Waals surface area contributed by atoms with Crippen molar-refractivity contribution in [1.29, 1.82) is 0 Å². The second-order valence-corrected chi connectivity index (χ2v) is 3.71. The Bertz CT molecular complexity index is 615. The van der Waals surface area contributed by atoms with Gasteiger partial charge in [0, 0.05) is 11.1 Å². The Labute approximate surface area is 84.5 Å².